The van der Waals surface area contributed by atoms with E-state index in [0.29, 0.717) is 16.8 Å². The minimum Gasteiger partial charge on any atom is -0.465 e. The number of ether oxygens (including phenoxy) is 1. The first-order valence-electron chi connectivity index (χ1n) is 13.9. The first kappa shape index (κ1) is 27.3. The minimum atomic E-state index is -0.806. The van der Waals surface area contributed by atoms with Crippen molar-refractivity contribution in [3.8, 4) is 16.9 Å². The molecule has 0 fully saturated rings. The summed E-state index contributed by atoms with van der Waals surface area (Å²) in [4.78, 5) is 16.5. The molecule has 0 saturated heterocycles. The molecular weight excluding hydrogens is 530 g/mol. The molecule has 214 valence electrons. The van der Waals surface area contributed by atoms with Crippen LogP contribution < -0.4 is 0 Å². The maximum Gasteiger partial charge on any atom is 0.337 e. The zero-order chi connectivity index (χ0) is 29.7. The maximum atomic E-state index is 11.8. The van der Waals surface area contributed by atoms with Crippen molar-refractivity contribution in [2.24, 2.45) is 7.05 Å². The van der Waals surface area contributed by atoms with E-state index >= 15 is 0 Å². The van der Waals surface area contributed by atoms with Gasteiger partial charge in [-0.1, -0.05) is 38.1 Å². The van der Waals surface area contributed by atoms with Crippen molar-refractivity contribution < 1.29 is 14.6 Å². The highest BCUT2D eigenvalue weighted by Crippen LogP contribution is 2.37. The van der Waals surface area contributed by atoms with Gasteiger partial charge in [0, 0.05) is 47.0 Å². The largest absolute Gasteiger partial charge is 0.465 e. The van der Waals surface area contributed by atoms with Crippen LogP contribution in [0.2, 0.25) is 0 Å². The van der Waals surface area contributed by atoms with Crippen LogP contribution in [0.4, 0.5) is 0 Å². The highest BCUT2D eigenvalue weighted by molar-refractivity contribution is 5.94. The van der Waals surface area contributed by atoms with Crippen molar-refractivity contribution in [3.05, 3.63) is 89.0 Å². The Morgan fingerprint density at radius 3 is 2.50 bits per heavy atom. The van der Waals surface area contributed by atoms with E-state index in [0.717, 1.165) is 50.2 Å². The Balaban J connectivity index is 1.39. The average Bonchev–Trinajstić information content (AvgIpc) is 3.65. The molecule has 1 atom stereocenters. The molecule has 0 saturated carbocycles. The van der Waals surface area contributed by atoms with Crippen LogP contribution in [0, 0.1) is 13.8 Å². The van der Waals surface area contributed by atoms with Crippen LogP contribution in [-0.4, -0.2) is 52.5 Å². The van der Waals surface area contributed by atoms with Gasteiger partial charge in [-0.25, -0.2) is 14.5 Å². The van der Waals surface area contributed by atoms with Gasteiger partial charge in [0.15, 0.2) is 5.65 Å². The summed E-state index contributed by atoms with van der Waals surface area (Å²) in [6.07, 6.45) is 3.12. The number of carbonyl (C=O) groups is 1. The Morgan fingerprint density at radius 2 is 1.79 bits per heavy atom. The summed E-state index contributed by atoms with van der Waals surface area (Å²) in [7, 11) is 3.24. The molecule has 0 amide bonds. The maximum absolute atomic E-state index is 11.8. The van der Waals surface area contributed by atoms with E-state index in [1.54, 1.807) is 33.6 Å². The van der Waals surface area contributed by atoms with Crippen LogP contribution in [0.15, 0.2) is 60.9 Å². The standard InChI is InChI=1S/C32H33N7O3/c1-18(2)29-20(4)39(27-14-23-15-37(5)36-31(23)33-19(27)3)35-30(29)24-8-7-9-26-25(24)16-38(34-26)17-28(40)21-10-12-22(13-11-21)32(41)42-6/h7-16,18,28,40H,17H2,1-6H3/t28-/m0/s1. The molecule has 0 radical (unpaired) electrons. The van der Waals surface area contributed by atoms with Gasteiger partial charge in [0.2, 0.25) is 0 Å². The van der Waals surface area contributed by atoms with Crippen molar-refractivity contribution >= 4 is 27.9 Å². The second-order valence-corrected chi connectivity index (χ2v) is 10.9. The Labute approximate surface area is 243 Å². The molecule has 0 bridgehead atoms. The van der Waals surface area contributed by atoms with Crippen molar-refractivity contribution in [3.63, 3.8) is 0 Å². The highest BCUT2D eigenvalue weighted by Gasteiger charge is 2.23. The number of nitrogens with zero attached hydrogens (tertiary/aromatic N) is 7. The van der Waals surface area contributed by atoms with Crippen LogP contribution in [0.1, 0.15) is 58.7 Å². The number of aliphatic hydroxyl groups excluding tert-OH is 1. The number of aryl methyl sites for hydroxylation is 2. The molecule has 0 aliphatic carbocycles. The third kappa shape index (κ3) is 4.73. The number of rotatable bonds is 7. The quantitative estimate of drug-likeness (QED) is 0.258. The van der Waals surface area contributed by atoms with E-state index in [4.69, 9.17) is 19.9 Å². The molecule has 0 aliphatic rings. The van der Waals surface area contributed by atoms with Crippen molar-refractivity contribution in [2.75, 3.05) is 7.11 Å². The summed E-state index contributed by atoms with van der Waals surface area (Å²) in [5, 5.41) is 27.3. The molecule has 1 N–H and O–H groups in total. The minimum absolute atomic E-state index is 0.226. The molecular formula is C32H33N7O3. The van der Waals surface area contributed by atoms with E-state index in [9.17, 15) is 9.90 Å². The Hall–Kier alpha value is -4.83. The number of fused-ring (bicyclic) bond motifs is 2. The summed E-state index contributed by atoms with van der Waals surface area (Å²) in [6.45, 7) is 8.70. The van der Waals surface area contributed by atoms with Gasteiger partial charge in [-0.3, -0.25) is 9.36 Å². The summed E-state index contributed by atoms with van der Waals surface area (Å²) >= 11 is 0. The number of methoxy groups -OCH3 is 1. The number of pyridine rings is 1. The second-order valence-electron chi connectivity index (χ2n) is 10.9. The predicted octanol–water partition coefficient (Wildman–Crippen LogP) is 5.43. The van der Waals surface area contributed by atoms with Crippen LogP contribution in [-0.2, 0) is 18.3 Å². The highest BCUT2D eigenvalue weighted by atomic mass is 16.5. The van der Waals surface area contributed by atoms with E-state index in [-0.39, 0.29) is 12.5 Å². The number of esters is 1. The topological polar surface area (TPSA) is 113 Å². The molecule has 4 heterocycles. The monoisotopic (exact) mass is 563 g/mol. The average molecular weight is 564 g/mol. The molecule has 6 rings (SSSR count). The molecule has 6 aromatic rings. The lowest BCUT2D eigenvalue weighted by atomic mass is 9.95. The van der Waals surface area contributed by atoms with Gasteiger partial charge in [-0.05, 0) is 49.6 Å². The first-order chi connectivity index (χ1) is 20.1. The fraction of sp³-hybridized carbons (Fsp3) is 0.281. The van der Waals surface area contributed by atoms with Gasteiger partial charge in [-0.2, -0.15) is 15.3 Å². The lowest BCUT2D eigenvalue weighted by Gasteiger charge is -2.11. The van der Waals surface area contributed by atoms with E-state index in [1.165, 1.54) is 7.11 Å². The van der Waals surface area contributed by atoms with Gasteiger partial charge in [0.1, 0.15) is 0 Å². The lowest BCUT2D eigenvalue weighted by Crippen LogP contribution is -2.09. The number of carbonyl (C=O) groups excluding carboxylic acids is 1. The van der Waals surface area contributed by atoms with Gasteiger partial charge in [0.05, 0.1) is 47.9 Å². The van der Waals surface area contributed by atoms with Crippen molar-refractivity contribution in [1.29, 1.82) is 0 Å². The zero-order valence-corrected chi connectivity index (χ0v) is 24.5. The number of aromatic nitrogens is 7. The zero-order valence-electron chi connectivity index (χ0n) is 24.5. The predicted molar refractivity (Wildman–Crippen MR) is 161 cm³/mol. The third-order valence-corrected chi connectivity index (χ3v) is 7.67. The summed E-state index contributed by atoms with van der Waals surface area (Å²) in [5.41, 5.74) is 8.53. The number of hydrogen-bond acceptors (Lipinski definition) is 7. The molecule has 0 unspecified atom stereocenters. The molecule has 10 nitrogen and oxygen atoms in total. The van der Waals surface area contributed by atoms with Gasteiger partial charge in [-0.15, -0.1) is 0 Å². The summed E-state index contributed by atoms with van der Waals surface area (Å²) < 4.78 is 10.3. The molecule has 2 aromatic carbocycles. The molecule has 10 heteroatoms. The van der Waals surface area contributed by atoms with E-state index < -0.39 is 12.1 Å². The van der Waals surface area contributed by atoms with Gasteiger partial charge >= 0.3 is 5.97 Å². The fourth-order valence-electron chi connectivity index (χ4n) is 5.64. The molecule has 4 aromatic heterocycles. The normalized spacial score (nSPS) is 12.5. The van der Waals surface area contributed by atoms with E-state index in [1.807, 2.05) is 43.2 Å². The first-order valence-corrected chi connectivity index (χ1v) is 13.9. The van der Waals surface area contributed by atoms with E-state index in [2.05, 4.69) is 38.0 Å². The second kappa shape index (κ2) is 10.5. The molecule has 0 aliphatic heterocycles. The van der Waals surface area contributed by atoms with Crippen LogP contribution in [0.25, 0.3) is 38.9 Å². The Morgan fingerprint density at radius 1 is 1.02 bits per heavy atom. The van der Waals surface area contributed by atoms with Gasteiger partial charge in [0.25, 0.3) is 0 Å². The number of hydrogen-bond donors (Lipinski definition) is 1. The van der Waals surface area contributed by atoms with Gasteiger partial charge < -0.3 is 9.84 Å². The summed E-state index contributed by atoms with van der Waals surface area (Å²) in [6, 6.07) is 14.9. The number of benzene rings is 2. The SMILES string of the molecule is COC(=O)c1ccc([C@@H](O)Cn2cc3c(-c4nn(-c5cc6cn(C)nc6nc5C)c(C)c4C(C)C)cccc3n2)cc1. The lowest BCUT2D eigenvalue weighted by molar-refractivity contribution is 0.0600. The smallest absolute Gasteiger partial charge is 0.337 e. The van der Waals surface area contributed by atoms with Crippen LogP contribution >= 0.6 is 0 Å². The molecule has 0 spiro atoms. The fourth-order valence-corrected chi connectivity index (χ4v) is 5.64. The van der Waals surface area contributed by atoms with Crippen LogP contribution in [0.5, 0.6) is 0 Å². The summed E-state index contributed by atoms with van der Waals surface area (Å²) in [5.74, 6) is -0.186. The Kier molecular flexibility index (Phi) is 6.86. The van der Waals surface area contributed by atoms with Crippen molar-refractivity contribution in [1.82, 2.24) is 34.3 Å². The third-order valence-electron chi connectivity index (χ3n) is 7.67. The molecule has 42 heavy (non-hydrogen) atoms. The van der Waals surface area contributed by atoms with Crippen LogP contribution in [0.3, 0.4) is 0 Å². The number of aliphatic hydroxyl groups is 1. The van der Waals surface area contributed by atoms with Crippen molar-refractivity contribution in [2.45, 2.75) is 46.3 Å². The Bertz CT molecular complexity index is 1950.